The van der Waals surface area contributed by atoms with Gasteiger partial charge in [-0.05, 0) is 60.9 Å². The number of carbonyl (C=O) groups excluding carboxylic acids is 1. The molecule has 8 nitrogen and oxygen atoms in total. The molecule has 2 aromatic carbocycles. The zero-order chi connectivity index (χ0) is 25.6. The molecule has 0 unspecified atom stereocenters. The normalized spacial score (nSPS) is 13.7. The Bertz CT molecular complexity index is 1740. The van der Waals surface area contributed by atoms with Crippen molar-refractivity contribution in [2.24, 2.45) is 0 Å². The summed E-state index contributed by atoms with van der Waals surface area (Å²) in [6.45, 7) is 0. The Morgan fingerprint density at radius 3 is 2.53 bits per heavy atom. The largest absolute Gasteiger partial charge is 0.382 e. The van der Waals surface area contributed by atoms with Crippen LogP contribution in [0.15, 0.2) is 62.3 Å². The van der Waals surface area contributed by atoms with Gasteiger partial charge in [0.15, 0.2) is 15.6 Å². The van der Waals surface area contributed by atoms with Crippen molar-refractivity contribution in [1.82, 2.24) is 9.55 Å². The van der Waals surface area contributed by atoms with Gasteiger partial charge in [0.2, 0.25) is 0 Å². The van der Waals surface area contributed by atoms with Gasteiger partial charge in [0.05, 0.1) is 25.9 Å². The Balaban J connectivity index is 1.39. The van der Waals surface area contributed by atoms with Gasteiger partial charge in [-0.25, -0.2) is 17.8 Å². The first-order chi connectivity index (χ1) is 17.1. The summed E-state index contributed by atoms with van der Waals surface area (Å²) >= 11 is 13.1. The number of ketones is 1. The molecule has 2 N–H and O–H groups in total. The third-order valence-corrected chi connectivity index (χ3v) is 9.50. The molecule has 0 aliphatic heterocycles. The van der Waals surface area contributed by atoms with Crippen molar-refractivity contribution < 1.29 is 13.2 Å². The lowest BCUT2D eigenvalue weighted by Crippen LogP contribution is -2.33. The van der Waals surface area contributed by atoms with Crippen molar-refractivity contribution in [2.45, 2.75) is 29.5 Å². The Morgan fingerprint density at radius 1 is 1.08 bits per heavy atom. The highest BCUT2D eigenvalue weighted by molar-refractivity contribution is 7.94. The third-order valence-electron chi connectivity index (χ3n) is 5.71. The van der Waals surface area contributed by atoms with Crippen molar-refractivity contribution in [3.8, 4) is 5.69 Å². The predicted octanol–water partition coefficient (Wildman–Crippen LogP) is 4.21. The second-order valence-corrected chi connectivity index (χ2v) is 12.9. The zero-order valence-electron chi connectivity index (χ0n) is 18.6. The van der Waals surface area contributed by atoms with Crippen LogP contribution in [0.2, 0.25) is 9.36 Å². The van der Waals surface area contributed by atoms with E-state index < -0.39 is 32.6 Å². The highest BCUT2D eigenvalue weighted by Crippen LogP contribution is 2.28. The first kappa shape index (κ1) is 24.8. The molecule has 0 bridgehead atoms. The van der Waals surface area contributed by atoms with Gasteiger partial charge in [0, 0.05) is 18.2 Å². The average Bonchev–Trinajstić information content (AvgIpc) is 3.50. The topological polar surface area (TPSA) is 118 Å². The summed E-state index contributed by atoms with van der Waals surface area (Å²) in [5.74, 6) is -1.20. The molecule has 0 amide bonds. The lowest BCUT2D eigenvalue weighted by atomic mass is 10.1. The molecular weight excluding hydrogens is 545 g/mol. The van der Waals surface area contributed by atoms with Crippen LogP contribution in [0.4, 0.5) is 5.69 Å². The van der Waals surface area contributed by atoms with E-state index in [0.717, 1.165) is 34.4 Å². The second kappa shape index (κ2) is 9.51. The summed E-state index contributed by atoms with van der Waals surface area (Å²) in [5.41, 5.74) is 0.671. The van der Waals surface area contributed by atoms with E-state index in [-0.39, 0.29) is 21.3 Å². The van der Waals surface area contributed by atoms with Gasteiger partial charge in [0.25, 0.3) is 5.56 Å². The molecule has 2 aromatic heterocycles. The molecule has 36 heavy (non-hydrogen) atoms. The summed E-state index contributed by atoms with van der Waals surface area (Å²) in [6, 6.07) is 12.9. The molecule has 4 aromatic rings. The maximum atomic E-state index is 13.1. The Hall–Kier alpha value is -2.92. The van der Waals surface area contributed by atoms with Gasteiger partial charge in [-0.15, -0.1) is 11.3 Å². The van der Waals surface area contributed by atoms with E-state index in [0.29, 0.717) is 26.8 Å². The number of sulfone groups is 1. The van der Waals surface area contributed by atoms with E-state index >= 15 is 0 Å². The highest BCUT2D eigenvalue weighted by atomic mass is 35.5. The molecule has 0 spiro atoms. The first-order valence-electron chi connectivity index (χ1n) is 10.9. The van der Waals surface area contributed by atoms with Crippen LogP contribution in [0.5, 0.6) is 0 Å². The van der Waals surface area contributed by atoms with Crippen LogP contribution >= 0.6 is 34.5 Å². The smallest absolute Gasteiger partial charge is 0.333 e. The molecule has 12 heteroatoms. The number of H-pyrrole nitrogens is 1. The van der Waals surface area contributed by atoms with Gasteiger partial charge in [-0.2, -0.15) is 0 Å². The molecule has 1 aliphatic rings. The Kier molecular flexibility index (Phi) is 6.54. The Labute approximate surface area is 219 Å². The quantitative estimate of drug-likeness (QED) is 0.331. The van der Waals surface area contributed by atoms with E-state index in [4.69, 9.17) is 23.2 Å². The summed E-state index contributed by atoms with van der Waals surface area (Å²) in [4.78, 5) is 41.1. The van der Waals surface area contributed by atoms with Gasteiger partial charge < -0.3 is 10.3 Å². The van der Waals surface area contributed by atoms with Crippen LogP contribution in [0.3, 0.4) is 0 Å². The molecule has 2 heterocycles. The number of anilines is 1. The van der Waals surface area contributed by atoms with Crippen LogP contribution in [-0.2, 0) is 21.1 Å². The maximum absolute atomic E-state index is 13.1. The van der Waals surface area contributed by atoms with E-state index in [1.807, 2.05) is 0 Å². The number of aromatic amines is 1. The van der Waals surface area contributed by atoms with Crippen molar-refractivity contribution in [1.29, 1.82) is 0 Å². The number of thiophene rings is 1. The number of nitrogens with one attached hydrogen (secondary N) is 2. The summed E-state index contributed by atoms with van der Waals surface area (Å²) in [6.07, 6.45) is 2.00. The van der Waals surface area contributed by atoms with E-state index in [1.54, 1.807) is 18.2 Å². The van der Waals surface area contributed by atoms with Gasteiger partial charge >= 0.3 is 5.69 Å². The summed E-state index contributed by atoms with van der Waals surface area (Å²) in [5, 5.41) is 3.73. The number of hydrogen-bond acceptors (Lipinski definition) is 7. The minimum atomic E-state index is -3.80. The van der Waals surface area contributed by atoms with Gasteiger partial charge in [-0.3, -0.25) is 9.59 Å². The molecule has 1 fully saturated rings. The molecule has 0 radical (unpaired) electrons. The van der Waals surface area contributed by atoms with Crippen LogP contribution in [0, 0.1) is 0 Å². The van der Waals surface area contributed by atoms with E-state index in [9.17, 15) is 22.8 Å². The molecule has 1 saturated carbocycles. The van der Waals surface area contributed by atoms with Gasteiger partial charge in [0.1, 0.15) is 9.96 Å². The zero-order valence-corrected chi connectivity index (χ0v) is 21.7. The number of aromatic nitrogens is 2. The van der Waals surface area contributed by atoms with Crippen LogP contribution in [-0.4, -0.2) is 35.5 Å². The highest BCUT2D eigenvalue weighted by Gasteiger charge is 2.23. The number of hydrogen-bond donors (Lipinski definition) is 2. The molecule has 186 valence electrons. The summed E-state index contributed by atoms with van der Waals surface area (Å²) in [7, 11) is -3.80. The molecule has 0 atom stereocenters. The Morgan fingerprint density at radius 2 is 1.86 bits per heavy atom. The second-order valence-electron chi connectivity index (χ2n) is 8.57. The lowest BCUT2D eigenvalue weighted by molar-refractivity contribution is -0.116. The van der Waals surface area contributed by atoms with Crippen LogP contribution in [0.25, 0.3) is 16.6 Å². The number of rotatable bonds is 8. The average molecular weight is 564 g/mol. The predicted molar refractivity (Wildman–Crippen MR) is 142 cm³/mol. The fourth-order valence-corrected chi connectivity index (χ4v) is 6.96. The maximum Gasteiger partial charge on any atom is 0.333 e. The molecule has 5 rings (SSSR count). The van der Waals surface area contributed by atoms with Gasteiger partial charge in [-0.1, -0.05) is 29.3 Å². The fraction of sp³-hybridized carbons (Fsp3) is 0.208. The SMILES string of the molecule is O=C(Cc1ccc(-n2c(=O)[nH]c3cc(NC4CC4)ccc3c2=O)c(Cl)c1)CS(=O)(=O)c1ccc(Cl)s1. The standard InChI is InChI=1S/C24H19Cl2N3O5S2/c25-18-10-13(9-16(30)12-36(33,34)22-8-7-21(26)35-22)1-6-20(18)29-23(31)17-5-4-15(27-14-2-3-14)11-19(17)28-24(29)32/h1,4-8,10-11,14,27H,2-3,9,12H2,(H,28,32). The van der Waals surface area contributed by atoms with Crippen molar-refractivity contribution in [3.05, 3.63) is 84.3 Å². The van der Waals surface area contributed by atoms with Crippen molar-refractivity contribution in [3.63, 3.8) is 0 Å². The van der Waals surface area contributed by atoms with Crippen molar-refractivity contribution >= 4 is 66.7 Å². The number of benzene rings is 2. The minimum Gasteiger partial charge on any atom is -0.382 e. The number of halogens is 2. The van der Waals surface area contributed by atoms with Crippen LogP contribution < -0.4 is 16.6 Å². The molecule has 1 aliphatic carbocycles. The number of Topliss-reactive ketones (excluding diaryl/α,β-unsaturated/α-hetero) is 1. The number of carbonyl (C=O) groups is 1. The molecular formula is C24H19Cl2N3O5S2. The monoisotopic (exact) mass is 563 g/mol. The first-order valence-corrected chi connectivity index (χ1v) is 14.2. The molecule has 0 saturated heterocycles. The van der Waals surface area contributed by atoms with E-state index in [2.05, 4.69) is 10.3 Å². The van der Waals surface area contributed by atoms with Crippen LogP contribution in [0.1, 0.15) is 18.4 Å². The van der Waals surface area contributed by atoms with Crippen molar-refractivity contribution in [2.75, 3.05) is 11.1 Å². The van der Waals surface area contributed by atoms with E-state index in [1.165, 1.54) is 30.3 Å². The number of fused-ring (bicyclic) bond motifs is 1. The number of nitrogens with zero attached hydrogens (tertiary/aromatic N) is 1. The third kappa shape index (κ3) is 5.12. The lowest BCUT2D eigenvalue weighted by Gasteiger charge is -2.11. The summed E-state index contributed by atoms with van der Waals surface area (Å²) < 4.78 is 26.2. The minimum absolute atomic E-state index is 0.0274. The fourth-order valence-electron chi connectivity index (χ4n) is 3.86.